The first kappa shape index (κ1) is 89.5. The fourth-order valence-corrected chi connectivity index (χ4v) is 12.3. The molecular weight excluding hydrogens is 1210 g/mol. The van der Waals surface area contributed by atoms with Gasteiger partial charge in [-0.05, 0) is 51.4 Å². The van der Waals surface area contributed by atoms with E-state index in [1.165, 1.54) is 173 Å². The Hall–Kier alpha value is -2.46. The zero-order chi connectivity index (χ0) is 67.5. The number of aliphatic hydroxyl groups excluding tert-OH is 1. The Kier molecular flexibility index (Phi) is 65.3. The summed E-state index contributed by atoms with van der Waals surface area (Å²) < 4.78 is 68.3. The van der Waals surface area contributed by atoms with Crippen molar-refractivity contribution in [3.63, 3.8) is 0 Å². The average molecular weight is 1350 g/mol. The van der Waals surface area contributed by atoms with Gasteiger partial charge in [0.15, 0.2) is 12.2 Å². The Morgan fingerprint density at radius 1 is 0.304 bits per heavy atom. The minimum absolute atomic E-state index is 0.0860. The summed E-state index contributed by atoms with van der Waals surface area (Å²) in [5, 5.41) is 10.6. The van der Waals surface area contributed by atoms with Gasteiger partial charge in [-0.3, -0.25) is 37.3 Å². The van der Waals surface area contributed by atoms with Crippen LogP contribution in [-0.4, -0.2) is 96.7 Å². The number of phosphoric ester groups is 2. The van der Waals surface area contributed by atoms with Crippen LogP contribution in [0.25, 0.3) is 0 Å². The van der Waals surface area contributed by atoms with E-state index in [4.69, 9.17) is 37.0 Å². The first-order chi connectivity index (χ1) is 44.7. The summed E-state index contributed by atoms with van der Waals surface area (Å²) in [5.41, 5.74) is 0. The van der Waals surface area contributed by atoms with Crippen molar-refractivity contribution in [3.05, 3.63) is 24.3 Å². The highest BCUT2D eigenvalue weighted by molar-refractivity contribution is 7.47. The van der Waals surface area contributed by atoms with Gasteiger partial charge in [-0.25, -0.2) is 9.13 Å². The Morgan fingerprint density at radius 2 is 0.522 bits per heavy atom. The molecule has 0 rings (SSSR count). The number of unbranched alkanes of at least 4 members (excludes halogenated alkanes) is 43. The van der Waals surface area contributed by atoms with Crippen molar-refractivity contribution < 1.29 is 80.2 Å². The molecule has 0 fully saturated rings. The molecule has 0 heterocycles. The maximum Gasteiger partial charge on any atom is 0.472 e. The third kappa shape index (κ3) is 66.2. The van der Waals surface area contributed by atoms with Gasteiger partial charge in [0.05, 0.1) is 26.4 Å². The molecule has 0 saturated carbocycles. The normalized spacial score (nSPS) is 14.1. The van der Waals surface area contributed by atoms with Crippen LogP contribution in [0.2, 0.25) is 0 Å². The lowest BCUT2D eigenvalue weighted by atomic mass is 10.0. The molecule has 0 spiro atoms. The Bertz CT molecular complexity index is 1850. The predicted molar refractivity (Wildman–Crippen MR) is 372 cm³/mol. The van der Waals surface area contributed by atoms with E-state index >= 15 is 0 Å². The molecule has 17 nitrogen and oxygen atoms in total. The highest BCUT2D eigenvalue weighted by Crippen LogP contribution is 2.45. The standard InChI is InChI=1S/C73H138O17P2/c1-5-9-13-17-21-25-28-31-34-37-39-42-46-50-54-58-71(76)84-64-69(90-73(78)60-56-52-48-44-41-38-35-32-29-26-22-18-14-10-6-2)66-88-92(81,82)86-62-67(74)61-85-91(79,80)87-65-68(63-83-70(75)57-53-49-45-24-20-16-12-8-4)89-72(77)59-55-51-47-43-40-36-33-30-27-23-19-15-11-7-3/h26,29,32,35,67-69,74H,5-25,27-28,30-31,33-34,36-66H2,1-4H3,(H,79,80)(H,81,82)/b29-26-,35-32-/t67-,68+,69+/m0/s1. The van der Waals surface area contributed by atoms with Crippen LogP contribution >= 0.6 is 15.6 Å². The van der Waals surface area contributed by atoms with Gasteiger partial charge >= 0.3 is 39.5 Å². The molecule has 0 radical (unpaired) electrons. The van der Waals surface area contributed by atoms with Gasteiger partial charge in [0.25, 0.3) is 0 Å². The van der Waals surface area contributed by atoms with E-state index in [1.54, 1.807) is 0 Å². The van der Waals surface area contributed by atoms with Crippen LogP contribution in [0.5, 0.6) is 0 Å². The molecule has 542 valence electrons. The second-order valence-corrected chi connectivity index (χ2v) is 28.6. The van der Waals surface area contributed by atoms with Crippen LogP contribution in [0, 0.1) is 0 Å². The maximum atomic E-state index is 13.0. The first-order valence-corrected chi connectivity index (χ1v) is 40.6. The lowest BCUT2D eigenvalue weighted by Crippen LogP contribution is -2.30. The van der Waals surface area contributed by atoms with Gasteiger partial charge in [0.1, 0.15) is 19.3 Å². The van der Waals surface area contributed by atoms with E-state index in [1.807, 2.05) is 0 Å². The van der Waals surface area contributed by atoms with Gasteiger partial charge in [0, 0.05) is 25.7 Å². The molecule has 19 heteroatoms. The van der Waals surface area contributed by atoms with Gasteiger partial charge in [-0.2, -0.15) is 0 Å². The number of carbonyl (C=O) groups excluding carboxylic acids is 4. The van der Waals surface area contributed by atoms with E-state index in [0.717, 1.165) is 109 Å². The van der Waals surface area contributed by atoms with Crippen LogP contribution in [0.3, 0.4) is 0 Å². The highest BCUT2D eigenvalue weighted by atomic mass is 31.2. The maximum absolute atomic E-state index is 13.0. The van der Waals surface area contributed by atoms with Crippen molar-refractivity contribution >= 4 is 39.5 Å². The highest BCUT2D eigenvalue weighted by Gasteiger charge is 2.30. The minimum Gasteiger partial charge on any atom is -0.462 e. The quantitative estimate of drug-likeness (QED) is 0.0169. The zero-order valence-corrected chi connectivity index (χ0v) is 60.8. The molecule has 5 atom stereocenters. The molecule has 0 saturated heterocycles. The van der Waals surface area contributed by atoms with Crippen molar-refractivity contribution in [1.29, 1.82) is 0 Å². The fraction of sp³-hybridized carbons (Fsp3) is 0.890. The fourth-order valence-electron chi connectivity index (χ4n) is 10.7. The van der Waals surface area contributed by atoms with Gasteiger partial charge < -0.3 is 33.8 Å². The van der Waals surface area contributed by atoms with Crippen LogP contribution in [0.4, 0.5) is 0 Å². The molecule has 92 heavy (non-hydrogen) atoms. The third-order valence-corrected chi connectivity index (χ3v) is 18.4. The topological polar surface area (TPSA) is 237 Å². The number of phosphoric acid groups is 2. The average Bonchev–Trinajstić information content (AvgIpc) is 1.90. The third-order valence-electron chi connectivity index (χ3n) is 16.5. The number of hydrogen-bond acceptors (Lipinski definition) is 15. The largest absolute Gasteiger partial charge is 0.472 e. The molecule has 0 aliphatic carbocycles. The molecule has 0 aromatic carbocycles. The van der Waals surface area contributed by atoms with Crippen LogP contribution in [0.15, 0.2) is 24.3 Å². The summed E-state index contributed by atoms with van der Waals surface area (Å²) >= 11 is 0. The number of esters is 4. The van der Waals surface area contributed by atoms with Gasteiger partial charge in [-0.1, -0.05) is 309 Å². The lowest BCUT2D eigenvalue weighted by Gasteiger charge is -2.21. The molecular formula is C73H138O17P2. The summed E-state index contributed by atoms with van der Waals surface area (Å²) in [6.07, 6.45) is 59.0. The van der Waals surface area contributed by atoms with Crippen LogP contribution < -0.4 is 0 Å². The van der Waals surface area contributed by atoms with E-state index < -0.39 is 97.5 Å². The molecule has 0 aliphatic heterocycles. The Labute approximate surface area is 561 Å². The van der Waals surface area contributed by atoms with E-state index in [2.05, 4.69) is 52.0 Å². The van der Waals surface area contributed by atoms with Crippen molar-refractivity contribution in [2.24, 2.45) is 0 Å². The van der Waals surface area contributed by atoms with Crippen molar-refractivity contribution in [1.82, 2.24) is 0 Å². The second kappa shape index (κ2) is 67.1. The Balaban J connectivity index is 5.25. The molecule has 3 N–H and O–H groups in total. The first-order valence-electron chi connectivity index (χ1n) is 37.6. The van der Waals surface area contributed by atoms with Crippen LogP contribution in [0.1, 0.15) is 362 Å². The molecule has 0 aromatic rings. The van der Waals surface area contributed by atoms with Crippen LogP contribution in [-0.2, 0) is 65.4 Å². The number of hydrogen-bond donors (Lipinski definition) is 3. The van der Waals surface area contributed by atoms with Crippen molar-refractivity contribution in [2.45, 2.75) is 380 Å². The van der Waals surface area contributed by atoms with Crippen molar-refractivity contribution in [3.8, 4) is 0 Å². The summed E-state index contributed by atoms with van der Waals surface area (Å²) in [5.74, 6) is -2.15. The molecule has 0 aromatic heterocycles. The molecule has 0 aliphatic rings. The minimum atomic E-state index is -4.96. The van der Waals surface area contributed by atoms with Gasteiger partial charge in [0.2, 0.25) is 0 Å². The van der Waals surface area contributed by atoms with Crippen molar-refractivity contribution in [2.75, 3.05) is 39.6 Å². The van der Waals surface area contributed by atoms with E-state index in [0.29, 0.717) is 25.7 Å². The second-order valence-electron chi connectivity index (χ2n) is 25.6. The molecule has 0 bridgehead atoms. The SMILES string of the molecule is CCCCCC/C=C\C=C/CCCCCCCC(=O)O[C@H](COC(=O)CCCCCCCCCCCCCCCCC)COP(=O)(O)OC[C@@H](O)COP(=O)(O)OC[C@@H](COC(=O)CCCCCCCCCC)OC(=O)CCCCCCCCCCCCCCCC. The van der Waals surface area contributed by atoms with E-state index in [9.17, 15) is 43.2 Å². The number of rotatable bonds is 72. The summed E-state index contributed by atoms with van der Waals surface area (Å²) in [4.78, 5) is 72.6. The smallest absolute Gasteiger partial charge is 0.462 e. The van der Waals surface area contributed by atoms with Gasteiger partial charge in [-0.15, -0.1) is 0 Å². The number of ether oxygens (including phenoxy) is 4. The molecule has 0 amide bonds. The zero-order valence-electron chi connectivity index (χ0n) is 59.0. The number of aliphatic hydroxyl groups is 1. The number of allylic oxidation sites excluding steroid dienone is 4. The predicted octanol–water partition coefficient (Wildman–Crippen LogP) is 21.0. The molecule has 2 unspecified atom stereocenters. The van der Waals surface area contributed by atoms with E-state index in [-0.39, 0.29) is 25.7 Å². The summed E-state index contributed by atoms with van der Waals surface area (Å²) in [6, 6.07) is 0. The summed E-state index contributed by atoms with van der Waals surface area (Å²) in [7, 11) is -9.91. The monoisotopic (exact) mass is 1350 g/mol. The summed E-state index contributed by atoms with van der Waals surface area (Å²) in [6.45, 7) is 4.88. The number of carbonyl (C=O) groups is 4. The Morgan fingerprint density at radius 3 is 0.793 bits per heavy atom. The lowest BCUT2D eigenvalue weighted by molar-refractivity contribution is -0.161.